The van der Waals surface area contributed by atoms with Crippen LogP contribution in [0.15, 0.2) is 30.3 Å². The number of piperidine rings is 1. The lowest BCUT2D eigenvalue weighted by molar-refractivity contribution is -0.151. The van der Waals surface area contributed by atoms with E-state index < -0.39 is 8.56 Å². The molecule has 0 spiro atoms. The molecule has 0 aromatic heterocycles. The summed E-state index contributed by atoms with van der Waals surface area (Å²) < 4.78 is 16.8. The van der Waals surface area contributed by atoms with Gasteiger partial charge in [0.1, 0.15) is 6.10 Å². The van der Waals surface area contributed by atoms with E-state index in [0.29, 0.717) is 6.42 Å². The summed E-state index contributed by atoms with van der Waals surface area (Å²) >= 11 is 1.96. The fourth-order valence-electron chi connectivity index (χ4n) is 3.70. The Bertz CT molecular complexity index is 600. The largest absolute Gasteiger partial charge is 0.461 e. The SMILES string of the molecule is CO[Si](C)(CCCSCCCCC(=O)OC1CCCN(Cc2ccccc2)C1)OC. The van der Waals surface area contributed by atoms with Gasteiger partial charge < -0.3 is 13.6 Å². The molecule has 2 rings (SSSR count). The number of hydrogen-bond donors (Lipinski definition) is 0. The molecule has 0 bridgehead atoms. The molecule has 5 nitrogen and oxygen atoms in total. The van der Waals surface area contributed by atoms with Crippen LogP contribution in [0.4, 0.5) is 0 Å². The second-order valence-corrected chi connectivity index (χ2v) is 13.0. The summed E-state index contributed by atoms with van der Waals surface area (Å²) in [4.78, 5) is 14.6. The van der Waals surface area contributed by atoms with Crippen molar-refractivity contribution in [1.82, 2.24) is 4.90 Å². The first kappa shape index (κ1) is 25.4. The Morgan fingerprint density at radius 2 is 1.87 bits per heavy atom. The highest BCUT2D eigenvalue weighted by Crippen LogP contribution is 2.19. The van der Waals surface area contributed by atoms with Gasteiger partial charge >= 0.3 is 14.5 Å². The number of benzene rings is 1. The first-order chi connectivity index (χ1) is 14.5. The van der Waals surface area contributed by atoms with E-state index in [1.54, 1.807) is 14.2 Å². The van der Waals surface area contributed by atoms with Gasteiger partial charge in [0.2, 0.25) is 0 Å². The summed E-state index contributed by atoms with van der Waals surface area (Å²) in [6, 6.07) is 11.5. The molecule has 0 radical (unpaired) electrons. The summed E-state index contributed by atoms with van der Waals surface area (Å²) in [5.41, 5.74) is 1.32. The summed E-state index contributed by atoms with van der Waals surface area (Å²) in [6.45, 7) is 4.97. The molecule has 1 saturated heterocycles. The number of carbonyl (C=O) groups is 1. The van der Waals surface area contributed by atoms with Crippen LogP contribution in [0.5, 0.6) is 0 Å². The minimum atomic E-state index is -1.91. The smallest absolute Gasteiger partial charge is 0.334 e. The number of rotatable bonds is 14. The van der Waals surface area contributed by atoms with Crippen molar-refractivity contribution < 1.29 is 18.4 Å². The number of nitrogens with zero attached hydrogens (tertiary/aromatic N) is 1. The van der Waals surface area contributed by atoms with Gasteiger partial charge in [-0.2, -0.15) is 11.8 Å². The average molecular weight is 454 g/mol. The van der Waals surface area contributed by atoms with Gasteiger partial charge in [0.05, 0.1) is 0 Å². The van der Waals surface area contributed by atoms with Crippen molar-refractivity contribution in [2.24, 2.45) is 0 Å². The third-order valence-electron chi connectivity index (χ3n) is 5.71. The molecule has 1 aromatic rings. The fourth-order valence-corrected chi connectivity index (χ4v) is 6.31. The van der Waals surface area contributed by atoms with Crippen molar-refractivity contribution in [3.63, 3.8) is 0 Å². The van der Waals surface area contributed by atoms with Crippen molar-refractivity contribution in [1.29, 1.82) is 0 Å². The second kappa shape index (κ2) is 14.2. The van der Waals surface area contributed by atoms with Gasteiger partial charge in [-0.25, -0.2) is 0 Å². The van der Waals surface area contributed by atoms with Crippen molar-refractivity contribution in [2.45, 2.75) is 63.8 Å². The predicted molar refractivity (Wildman–Crippen MR) is 127 cm³/mol. The van der Waals surface area contributed by atoms with E-state index in [1.165, 1.54) is 5.56 Å². The van der Waals surface area contributed by atoms with E-state index in [2.05, 4.69) is 35.7 Å². The molecule has 1 aromatic carbocycles. The zero-order chi connectivity index (χ0) is 21.7. The Morgan fingerprint density at radius 3 is 2.60 bits per heavy atom. The Kier molecular flexibility index (Phi) is 12.1. The standard InChI is InChI=1S/C23H39NO4SSi/c1-26-30(3,27-2)18-10-17-29-16-8-7-14-23(25)28-22-13-9-15-24(20-22)19-21-11-5-4-6-12-21/h4-6,11-12,22H,7-10,13-20H2,1-3H3. The molecule has 30 heavy (non-hydrogen) atoms. The minimum Gasteiger partial charge on any atom is -0.461 e. The van der Waals surface area contributed by atoms with Crippen LogP contribution >= 0.6 is 11.8 Å². The molecular weight excluding hydrogens is 414 g/mol. The van der Waals surface area contributed by atoms with Crippen LogP contribution in [0.25, 0.3) is 0 Å². The maximum Gasteiger partial charge on any atom is 0.334 e. The monoisotopic (exact) mass is 453 g/mol. The maximum absolute atomic E-state index is 12.2. The van der Waals surface area contributed by atoms with Crippen LogP contribution in [0, 0.1) is 0 Å². The van der Waals surface area contributed by atoms with Gasteiger partial charge in [0.25, 0.3) is 0 Å². The summed E-state index contributed by atoms with van der Waals surface area (Å²) in [7, 11) is 1.58. The Hall–Kier alpha value is -0.863. The van der Waals surface area contributed by atoms with Crippen LogP contribution in [-0.4, -0.2) is 64.3 Å². The van der Waals surface area contributed by atoms with E-state index in [-0.39, 0.29) is 12.1 Å². The maximum atomic E-state index is 12.2. The summed E-state index contributed by atoms with van der Waals surface area (Å²) in [6.07, 6.45) is 5.76. The Balaban J connectivity index is 1.51. The van der Waals surface area contributed by atoms with Crippen molar-refractivity contribution in [2.75, 3.05) is 38.8 Å². The number of carbonyl (C=O) groups excluding carboxylic acids is 1. The normalized spacial score (nSPS) is 17.8. The first-order valence-corrected chi connectivity index (χ1v) is 14.9. The number of likely N-dealkylation sites (tertiary alicyclic amines) is 1. The Labute approximate surface area is 188 Å². The molecule has 1 fully saturated rings. The van der Waals surface area contributed by atoms with Crippen molar-refractivity contribution in [3.8, 4) is 0 Å². The van der Waals surface area contributed by atoms with Crippen LogP contribution in [0.1, 0.15) is 44.1 Å². The molecule has 0 aliphatic carbocycles. The highest BCUT2D eigenvalue weighted by atomic mass is 32.2. The molecule has 0 amide bonds. The van der Waals surface area contributed by atoms with E-state index >= 15 is 0 Å². The lowest BCUT2D eigenvalue weighted by Gasteiger charge is -2.32. The lowest BCUT2D eigenvalue weighted by atomic mass is 10.1. The third kappa shape index (κ3) is 9.96. The molecule has 1 aliphatic heterocycles. The van der Waals surface area contributed by atoms with E-state index in [1.807, 2.05) is 17.8 Å². The highest BCUT2D eigenvalue weighted by molar-refractivity contribution is 7.99. The summed E-state index contributed by atoms with van der Waals surface area (Å²) in [5, 5.41) is 0. The number of esters is 1. The Morgan fingerprint density at radius 1 is 1.13 bits per heavy atom. The fraction of sp³-hybridized carbons (Fsp3) is 0.696. The first-order valence-electron chi connectivity index (χ1n) is 11.2. The van der Waals surface area contributed by atoms with Gasteiger partial charge in [-0.1, -0.05) is 30.3 Å². The zero-order valence-electron chi connectivity index (χ0n) is 18.9. The van der Waals surface area contributed by atoms with Gasteiger partial charge in [0.15, 0.2) is 0 Å². The molecular formula is C23H39NO4SSi. The van der Waals surface area contributed by atoms with Crippen LogP contribution in [0.3, 0.4) is 0 Å². The average Bonchev–Trinajstić information content (AvgIpc) is 2.76. The molecule has 1 heterocycles. The van der Waals surface area contributed by atoms with Gasteiger partial charge in [-0.15, -0.1) is 0 Å². The molecule has 1 unspecified atom stereocenters. The molecule has 7 heteroatoms. The van der Waals surface area contributed by atoms with E-state index in [0.717, 1.165) is 69.3 Å². The number of hydrogen-bond acceptors (Lipinski definition) is 6. The van der Waals surface area contributed by atoms with Gasteiger partial charge in [-0.05, 0) is 68.3 Å². The van der Waals surface area contributed by atoms with Gasteiger partial charge in [-0.3, -0.25) is 9.69 Å². The topological polar surface area (TPSA) is 48.0 Å². The number of ether oxygens (including phenoxy) is 1. The highest BCUT2D eigenvalue weighted by Gasteiger charge is 2.27. The zero-order valence-corrected chi connectivity index (χ0v) is 20.8. The van der Waals surface area contributed by atoms with Crippen LogP contribution in [0.2, 0.25) is 12.6 Å². The van der Waals surface area contributed by atoms with Crippen LogP contribution < -0.4 is 0 Å². The minimum absolute atomic E-state index is 0.0338. The lowest BCUT2D eigenvalue weighted by Crippen LogP contribution is -2.40. The second-order valence-electron chi connectivity index (χ2n) is 8.19. The predicted octanol–water partition coefficient (Wildman–Crippen LogP) is 4.85. The van der Waals surface area contributed by atoms with Crippen LogP contribution in [-0.2, 0) is 24.9 Å². The van der Waals surface area contributed by atoms with Gasteiger partial charge in [0, 0.05) is 33.7 Å². The molecule has 0 saturated carbocycles. The van der Waals surface area contributed by atoms with E-state index in [9.17, 15) is 4.79 Å². The molecule has 1 atom stereocenters. The summed E-state index contributed by atoms with van der Waals surface area (Å²) in [5.74, 6) is 2.19. The quantitative estimate of drug-likeness (QED) is 0.228. The van der Waals surface area contributed by atoms with E-state index in [4.69, 9.17) is 13.6 Å². The molecule has 170 valence electrons. The van der Waals surface area contributed by atoms with Crippen molar-refractivity contribution in [3.05, 3.63) is 35.9 Å². The number of unbranched alkanes of at least 4 members (excludes halogenated alkanes) is 1. The third-order valence-corrected chi connectivity index (χ3v) is 9.86. The number of thioether (sulfide) groups is 1. The van der Waals surface area contributed by atoms with Crippen molar-refractivity contribution >= 4 is 26.3 Å². The molecule has 0 N–H and O–H groups in total. The molecule has 1 aliphatic rings.